The van der Waals surface area contributed by atoms with Gasteiger partial charge >= 0.3 is 0 Å². The van der Waals surface area contributed by atoms with Crippen molar-refractivity contribution in [2.75, 3.05) is 13.1 Å². The van der Waals surface area contributed by atoms with Gasteiger partial charge in [0.05, 0.1) is 5.41 Å². The highest BCUT2D eigenvalue weighted by Crippen LogP contribution is 2.49. The standard InChI is InChI=1S/C28H29NO2/c30-19-28(14-16-29-17-15-28)26-9-5-4-8-25(26)27-23(20-6-2-1-3-7-20)12-10-21-18-22(31)11-13-24(21)27/h1-9,11,13,18-19,23,27,29,31H,10,12,14-17H2/t23-,27-/m1/s1. The van der Waals surface area contributed by atoms with Crippen LogP contribution < -0.4 is 5.32 Å². The fourth-order valence-electron chi connectivity index (χ4n) is 5.80. The number of piperidine rings is 1. The summed E-state index contributed by atoms with van der Waals surface area (Å²) in [6, 6.07) is 25.2. The zero-order valence-corrected chi connectivity index (χ0v) is 17.8. The summed E-state index contributed by atoms with van der Waals surface area (Å²) in [6.45, 7) is 1.73. The van der Waals surface area contributed by atoms with E-state index in [1.807, 2.05) is 12.1 Å². The summed E-state index contributed by atoms with van der Waals surface area (Å²) in [6.07, 6.45) is 4.84. The zero-order valence-electron chi connectivity index (χ0n) is 17.8. The Kier molecular flexibility index (Phi) is 5.37. The lowest BCUT2D eigenvalue weighted by Gasteiger charge is -2.40. The molecule has 3 aromatic carbocycles. The Labute approximate surface area is 184 Å². The minimum absolute atomic E-state index is 0.162. The minimum atomic E-state index is -0.433. The van der Waals surface area contributed by atoms with Gasteiger partial charge in [0, 0.05) is 5.92 Å². The number of hydrogen-bond donors (Lipinski definition) is 2. The highest BCUT2D eigenvalue weighted by molar-refractivity contribution is 5.71. The second-order valence-corrected chi connectivity index (χ2v) is 9.03. The predicted octanol–water partition coefficient (Wildman–Crippen LogP) is 5.07. The molecule has 2 N–H and O–H groups in total. The van der Waals surface area contributed by atoms with Gasteiger partial charge in [-0.05, 0) is 84.6 Å². The van der Waals surface area contributed by atoms with Crippen LogP contribution in [0.4, 0.5) is 0 Å². The summed E-state index contributed by atoms with van der Waals surface area (Å²) in [5.41, 5.74) is 5.84. The molecule has 0 amide bonds. The molecule has 1 saturated heterocycles. The Balaban J connectivity index is 1.71. The van der Waals surface area contributed by atoms with Gasteiger partial charge in [0.2, 0.25) is 0 Å². The van der Waals surface area contributed by atoms with Gasteiger partial charge in [-0.1, -0.05) is 60.7 Å². The molecule has 1 heterocycles. The molecule has 158 valence electrons. The summed E-state index contributed by atoms with van der Waals surface area (Å²) in [4.78, 5) is 12.5. The van der Waals surface area contributed by atoms with E-state index >= 15 is 0 Å². The molecule has 1 aliphatic heterocycles. The molecule has 5 rings (SSSR count). The van der Waals surface area contributed by atoms with E-state index in [0.717, 1.165) is 38.8 Å². The quantitative estimate of drug-likeness (QED) is 0.589. The molecule has 2 atom stereocenters. The van der Waals surface area contributed by atoms with Crippen LogP contribution >= 0.6 is 0 Å². The molecule has 3 aromatic rings. The smallest absolute Gasteiger partial charge is 0.130 e. The number of aldehydes is 1. The fourth-order valence-corrected chi connectivity index (χ4v) is 5.80. The van der Waals surface area contributed by atoms with Crippen molar-refractivity contribution in [3.63, 3.8) is 0 Å². The van der Waals surface area contributed by atoms with E-state index in [4.69, 9.17) is 0 Å². The lowest BCUT2D eigenvalue weighted by atomic mass is 9.64. The number of hydrogen-bond acceptors (Lipinski definition) is 3. The van der Waals surface area contributed by atoms with Crippen molar-refractivity contribution >= 4 is 6.29 Å². The molecule has 3 heteroatoms. The summed E-state index contributed by atoms with van der Waals surface area (Å²) < 4.78 is 0. The number of benzene rings is 3. The third-order valence-corrected chi connectivity index (χ3v) is 7.37. The Morgan fingerprint density at radius 1 is 0.903 bits per heavy atom. The van der Waals surface area contributed by atoms with Crippen molar-refractivity contribution in [2.24, 2.45) is 0 Å². The second kappa shape index (κ2) is 8.32. The molecule has 0 unspecified atom stereocenters. The number of phenols is 1. The minimum Gasteiger partial charge on any atom is -0.508 e. The van der Waals surface area contributed by atoms with Gasteiger partial charge in [0.15, 0.2) is 0 Å². The van der Waals surface area contributed by atoms with E-state index in [-0.39, 0.29) is 5.92 Å². The van der Waals surface area contributed by atoms with Crippen LogP contribution in [0.1, 0.15) is 58.9 Å². The highest BCUT2D eigenvalue weighted by atomic mass is 16.3. The molecule has 2 aliphatic rings. The largest absolute Gasteiger partial charge is 0.508 e. The molecule has 31 heavy (non-hydrogen) atoms. The molecular formula is C28H29NO2. The first-order valence-corrected chi connectivity index (χ1v) is 11.3. The van der Waals surface area contributed by atoms with Crippen LogP contribution in [0.25, 0.3) is 0 Å². The van der Waals surface area contributed by atoms with Crippen LogP contribution in [-0.4, -0.2) is 24.5 Å². The average molecular weight is 412 g/mol. The molecule has 3 nitrogen and oxygen atoms in total. The number of fused-ring (bicyclic) bond motifs is 1. The maximum Gasteiger partial charge on any atom is 0.130 e. The van der Waals surface area contributed by atoms with E-state index in [1.165, 1.54) is 34.1 Å². The Hall–Kier alpha value is -2.91. The number of aromatic hydroxyl groups is 1. The Morgan fingerprint density at radius 2 is 1.65 bits per heavy atom. The van der Waals surface area contributed by atoms with Crippen molar-refractivity contribution in [3.8, 4) is 5.75 Å². The number of carbonyl (C=O) groups is 1. The first kappa shape index (κ1) is 20.0. The lowest BCUT2D eigenvalue weighted by Crippen LogP contribution is -2.42. The van der Waals surface area contributed by atoms with E-state index in [1.54, 1.807) is 0 Å². The number of aryl methyl sites for hydroxylation is 1. The normalized spacial score (nSPS) is 22.5. The second-order valence-electron chi connectivity index (χ2n) is 9.03. The van der Waals surface area contributed by atoms with Crippen molar-refractivity contribution in [1.82, 2.24) is 5.32 Å². The van der Waals surface area contributed by atoms with Gasteiger partial charge < -0.3 is 15.2 Å². The van der Waals surface area contributed by atoms with Crippen molar-refractivity contribution in [2.45, 2.75) is 42.9 Å². The van der Waals surface area contributed by atoms with Gasteiger partial charge in [-0.2, -0.15) is 0 Å². The van der Waals surface area contributed by atoms with E-state index in [2.05, 4.69) is 66.0 Å². The zero-order chi connectivity index (χ0) is 21.3. The van der Waals surface area contributed by atoms with Crippen molar-refractivity contribution in [3.05, 3.63) is 101 Å². The number of rotatable bonds is 4. The van der Waals surface area contributed by atoms with Crippen LogP contribution in [0.2, 0.25) is 0 Å². The van der Waals surface area contributed by atoms with E-state index in [0.29, 0.717) is 11.7 Å². The van der Waals surface area contributed by atoms with Crippen LogP contribution in [0.3, 0.4) is 0 Å². The summed E-state index contributed by atoms with van der Waals surface area (Å²) in [5, 5.41) is 13.5. The third-order valence-electron chi connectivity index (χ3n) is 7.37. The monoisotopic (exact) mass is 411 g/mol. The Morgan fingerprint density at radius 3 is 2.42 bits per heavy atom. The maximum absolute atomic E-state index is 12.5. The lowest BCUT2D eigenvalue weighted by molar-refractivity contribution is -0.113. The molecular weight excluding hydrogens is 382 g/mol. The molecule has 0 bridgehead atoms. The Bertz CT molecular complexity index is 1070. The molecule has 0 radical (unpaired) electrons. The van der Waals surface area contributed by atoms with Gasteiger partial charge in [0.25, 0.3) is 0 Å². The number of carbonyl (C=O) groups excluding carboxylic acids is 1. The van der Waals surface area contributed by atoms with E-state index in [9.17, 15) is 9.90 Å². The van der Waals surface area contributed by atoms with Crippen LogP contribution in [0.15, 0.2) is 72.8 Å². The van der Waals surface area contributed by atoms with E-state index < -0.39 is 5.41 Å². The first-order valence-electron chi connectivity index (χ1n) is 11.3. The predicted molar refractivity (Wildman–Crippen MR) is 124 cm³/mol. The molecule has 1 fully saturated rings. The summed E-state index contributed by atoms with van der Waals surface area (Å²) >= 11 is 0. The fraction of sp³-hybridized carbons (Fsp3) is 0.321. The van der Waals surface area contributed by atoms with Crippen LogP contribution in [0, 0.1) is 0 Å². The van der Waals surface area contributed by atoms with Crippen molar-refractivity contribution < 1.29 is 9.90 Å². The van der Waals surface area contributed by atoms with Gasteiger partial charge in [-0.25, -0.2) is 0 Å². The summed E-state index contributed by atoms with van der Waals surface area (Å²) in [5.74, 6) is 0.825. The molecule has 0 aromatic heterocycles. The third kappa shape index (κ3) is 3.57. The van der Waals surface area contributed by atoms with Crippen LogP contribution in [-0.2, 0) is 16.6 Å². The van der Waals surface area contributed by atoms with Crippen LogP contribution in [0.5, 0.6) is 5.75 Å². The number of phenolic OH excluding ortho intramolecular Hbond substituents is 1. The van der Waals surface area contributed by atoms with Gasteiger partial charge in [-0.3, -0.25) is 0 Å². The van der Waals surface area contributed by atoms with Crippen molar-refractivity contribution in [1.29, 1.82) is 0 Å². The summed E-state index contributed by atoms with van der Waals surface area (Å²) in [7, 11) is 0. The molecule has 0 saturated carbocycles. The number of nitrogens with one attached hydrogen (secondary N) is 1. The highest BCUT2D eigenvalue weighted by Gasteiger charge is 2.40. The molecule has 0 spiro atoms. The topological polar surface area (TPSA) is 49.3 Å². The maximum atomic E-state index is 12.5. The van der Waals surface area contributed by atoms with Gasteiger partial charge in [-0.15, -0.1) is 0 Å². The van der Waals surface area contributed by atoms with Gasteiger partial charge in [0.1, 0.15) is 12.0 Å². The molecule has 1 aliphatic carbocycles. The average Bonchev–Trinajstić information content (AvgIpc) is 2.84. The first-order chi connectivity index (χ1) is 15.2. The SMILES string of the molecule is O=CC1(c2ccccc2[C@H]2c3ccc(O)cc3CC[C@@H]2c2ccccc2)CCNCC1.